The lowest BCUT2D eigenvalue weighted by molar-refractivity contribution is 0.0348. The Morgan fingerprint density at radius 2 is 1.93 bits per heavy atom. The van der Waals surface area contributed by atoms with E-state index in [4.69, 9.17) is 5.11 Å². The Hall–Kier alpha value is 0.620. The van der Waals surface area contributed by atoms with Gasteiger partial charge in [-0.25, -0.2) is 0 Å². The first-order chi connectivity index (χ1) is 6.83. The van der Waals surface area contributed by atoms with Crippen molar-refractivity contribution in [3.8, 4) is 0 Å². The van der Waals surface area contributed by atoms with Gasteiger partial charge in [-0.1, -0.05) is 6.42 Å². The van der Waals surface area contributed by atoms with Crippen LogP contribution in [0.4, 0.5) is 0 Å². The smallest absolute Gasteiger partial charge is 0.0802 e. The van der Waals surface area contributed by atoms with Crippen molar-refractivity contribution in [2.24, 2.45) is 11.8 Å². The first-order valence-corrected chi connectivity index (χ1v) is 7.45. The zero-order valence-corrected chi connectivity index (χ0v) is 9.90. The predicted octanol–water partition coefficient (Wildman–Crippen LogP) is 1.56. The molecule has 1 heterocycles. The summed E-state index contributed by atoms with van der Waals surface area (Å²) in [7, 11) is 0. The molecule has 0 spiro atoms. The Labute approximate surface area is 93.8 Å². The molecule has 2 rings (SSSR count). The van der Waals surface area contributed by atoms with E-state index >= 15 is 0 Å². The van der Waals surface area contributed by atoms with Gasteiger partial charge in [-0.2, -0.15) is 0 Å². The number of hydrogen-bond donors (Lipinski definition) is 2. The fraction of sp³-hybridized carbons (Fsp3) is 1.00. The molecule has 4 heteroatoms. The van der Waals surface area contributed by atoms with Crippen molar-refractivity contribution in [1.29, 1.82) is 0 Å². The van der Waals surface area contributed by atoms with Crippen LogP contribution in [0.1, 0.15) is 19.3 Å². The Morgan fingerprint density at radius 1 is 1.21 bits per heavy atom. The van der Waals surface area contributed by atoms with Crippen LogP contribution in [0.5, 0.6) is 0 Å². The maximum atomic E-state index is 9.72. The lowest BCUT2D eigenvalue weighted by Crippen LogP contribution is -2.30. The minimum Gasteiger partial charge on any atom is -0.394 e. The molecule has 2 fully saturated rings. The van der Waals surface area contributed by atoms with Crippen molar-refractivity contribution in [1.82, 2.24) is 0 Å². The molecule has 82 valence electrons. The summed E-state index contributed by atoms with van der Waals surface area (Å²) in [5.74, 6) is 3.50. The first kappa shape index (κ1) is 11.1. The highest BCUT2D eigenvalue weighted by Crippen LogP contribution is 2.47. The number of aliphatic hydroxyl groups is 2. The minimum absolute atomic E-state index is 0.0662. The molecule has 2 aliphatic rings. The van der Waals surface area contributed by atoms with Crippen molar-refractivity contribution < 1.29 is 10.2 Å². The molecule has 0 aromatic heterocycles. The van der Waals surface area contributed by atoms with Crippen LogP contribution in [0, 0.1) is 11.8 Å². The van der Waals surface area contributed by atoms with E-state index < -0.39 is 6.10 Å². The third kappa shape index (κ3) is 2.23. The van der Waals surface area contributed by atoms with Crippen LogP contribution in [0.3, 0.4) is 0 Å². The second-order valence-electron chi connectivity index (χ2n) is 4.12. The number of hydrogen-bond acceptors (Lipinski definition) is 4. The molecule has 0 amide bonds. The van der Waals surface area contributed by atoms with E-state index in [1.54, 1.807) is 0 Å². The minimum atomic E-state index is -0.482. The summed E-state index contributed by atoms with van der Waals surface area (Å²) in [5, 5.41) is 18.7. The molecule has 1 unspecified atom stereocenters. The predicted molar refractivity (Wildman–Crippen MR) is 62.6 cm³/mol. The molecule has 0 aromatic rings. The van der Waals surface area contributed by atoms with E-state index in [1.165, 1.54) is 24.3 Å². The fourth-order valence-electron chi connectivity index (χ4n) is 2.59. The van der Waals surface area contributed by atoms with Crippen molar-refractivity contribution in [3.63, 3.8) is 0 Å². The van der Waals surface area contributed by atoms with Gasteiger partial charge >= 0.3 is 0 Å². The molecule has 0 radical (unpaired) electrons. The third-order valence-corrected chi connectivity index (χ3v) is 6.61. The van der Waals surface area contributed by atoms with Gasteiger partial charge in [0.15, 0.2) is 0 Å². The van der Waals surface area contributed by atoms with Crippen LogP contribution in [0.15, 0.2) is 0 Å². The standard InChI is InChI=1S/C10H18O2S2/c11-6-9(12)7-2-1-3-8(7)10-13-4-5-14-10/h7-12H,1-6H2/t7-,8+,9?/m0/s1. The van der Waals surface area contributed by atoms with Gasteiger partial charge in [0.2, 0.25) is 0 Å². The molecule has 2 N–H and O–H groups in total. The van der Waals surface area contributed by atoms with Gasteiger partial charge in [-0.15, -0.1) is 23.5 Å². The van der Waals surface area contributed by atoms with Gasteiger partial charge in [0.25, 0.3) is 0 Å². The number of aliphatic hydroxyl groups excluding tert-OH is 2. The largest absolute Gasteiger partial charge is 0.394 e. The highest BCUT2D eigenvalue weighted by atomic mass is 32.2. The maximum absolute atomic E-state index is 9.72. The number of thioether (sulfide) groups is 2. The van der Waals surface area contributed by atoms with E-state index in [0.29, 0.717) is 16.4 Å². The van der Waals surface area contributed by atoms with E-state index in [9.17, 15) is 5.11 Å². The molecule has 0 aromatic carbocycles. The van der Waals surface area contributed by atoms with E-state index in [1.807, 2.05) is 23.5 Å². The Balaban J connectivity index is 1.95. The van der Waals surface area contributed by atoms with E-state index in [2.05, 4.69) is 0 Å². The normalized spacial score (nSPS) is 36.4. The molecular weight excluding hydrogens is 216 g/mol. The van der Waals surface area contributed by atoms with Gasteiger partial charge < -0.3 is 10.2 Å². The van der Waals surface area contributed by atoms with Crippen LogP contribution >= 0.6 is 23.5 Å². The average Bonchev–Trinajstić information content (AvgIpc) is 2.85. The fourth-order valence-corrected chi connectivity index (χ4v) is 5.96. The SMILES string of the molecule is OCC(O)[C@H]1CCC[C@H]1C1SCCS1. The quantitative estimate of drug-likeness (QED) is 0.777. The van der Waals surface area contributed by atoms with Crippen LogP contribution < -0.4 is 0 Å². The monoisotopic (exact) mass is 234 g/mol. The Bertz CT molecular complexity index is 183. The lowest BCUT2D eigenvalue weighted by atomic mass is 9.92. The first-order valence-electron chi connectivity index (χ1n) is 5.35. The van der Waals surface area contributed by atoms with Crippen molar-refractivity contribution >= 4 is 23.5 Å². The Kier molecular flexibility index (Phi) is 4.05. The van der Waals surface area contributed by atoms with Crippen LogP contribution in [0.2, 0.25) is 0 Å². The van der Waals surface area contributed by atoms with Gasteiger partial charge in [0.1, 0.15) is 0 Å². The molecule has 14 heavy (non-hydrogen) atoms. The molecule has 2 nitrogen and oxygen atoms in total. The van der Waals surface area contributed by atoms with E-state index in [0.717, 1.165) is 6.42 Å². The van der Waals surface area contributed by atoms with Crippen molar-refractivity contribution in [2.75, 3.05) is 18.1 Å². The summed E-state index contributed by atoms with van der Waals surface area (Å²) in [6.45, 7) is -0.0662. The van der Waals surface area contributed by atoms with Crippen molar-refractivity contribution in [3.05, 3.63) is 0 Å². The van der Waals surface area contributed by atoms with Gasteiger partial charge in [-0.05, 0) is 24.7 Å². The van der Waals surface area contributed by atoms with Crippen molar-refractivity contribution in [2.45, 2.75) is 29.9 Å². The maximum Gasteiger partial charge on any atom is 0.0802 e. The van der Waals surface area contributed by atoms with E-state index in [-0.39, 0.29) is 6.61 Å². The van der Waals surface area contributed by atoms with Crippen LogP contribution in [-0.4, -0.2) is 39.0 Å². The second-order valence-corrected chi connectivity index (χ2v) is 6.92. The summed E-state index contributed by atoms with van der Waals surface area (Å²) >= 11 is 4.08. The molecular formula is C10H18O2S2. The summed E-state index contributed by atoms with van der Waals surface area (Å²) < 4.78 is 0.684. The zero-order valence-electron chi connectivity index (χ0n) is 8.26. The van der Waals surface area contributed by atoms with Gasteiger partial charge in [0, 0.05) is 11.5 Å². The number of rotatable bonds is 3. The lowest BCUT2D eigenvalue weighted by Gasteiger charge is -2.27. The second kappa shape index (κ2) is 5.10. The molecule has 1 saturated heterocycles. The average molecular weight is 234 g/mol. The summed E-state index contributed by atoms with van der Waals surface area (Å²) in [6.07, 6.45) is 3.09. The summed E-state index contributed by atoms with van der Waals surface area (Å²) in [4.78, 5) is 0. The molecule has 3 atom stereocenters. The van der Waals surface area contributed by atoms with Gasteiger partial charge in [0.05, 0.1) is 17.3 Å². The highest BCUT2D eigenvalue weighted by molar-refractivity contribution is 8.20. The summed E-state index contributed by atoms with van der Waals surface area (Å²) in [5.41, 5.74) is 0. The highest BCUT2D eigenvalue weighted by Gasteiger charge is 2.39. The molecule has 1 saturated carbocycles. The molecule has 1 aliphatic carbocycles. The topological polar surface area (TPSA) is 40.5 Å². The van der Waals surface area contributed by atoms with Gasteiger partial charge in [-0.3, -0.25) is 0 Å². The van der Waals surface area contributed by atoms with Crippen LogP contribution in [-0.2, 0) is 0 Å². The third-order valence-electron chi connectivity index (χ3n) is 3.30. The molecule has 1 aliphatic heterocycles. The zero-order chi connectivity index (χ0) is 9.97. The summed E-state index contributed by atoms with van der Waals surface area (Å²) in [6, 6.07) is 0. The Morgan fingerprint density at radius 3 is 2.57 bits per heavy atom. The molecule has 0 bridgehead atoms. The van der Waals surface area contributed by atoms with Crippen LogP contribution in [0.25, 0.3) is 0 Å².